The largest absolute Gasteiger partial charge is 0.378 e. The molecule has 0 bridgehead atoms. The monoisotopic (exact) mass is 260 g/mol. The zero-order chi connectivity index (χ0) is 13.7. The number of carbonyl (C=O) groups excluding carboxylic acids is 1. The Balaban J connectivity index is 2.19. The van der Waals surface area contributed by atoms with Gasteiger partial charge in [-0.3, -0.25) is 4.79 Å². The summed E-state index contributed by atoms with van der Waals surface area (Å²) in [6, 6.07) is 7.65. The minimum absolute atomic E-state index is 0.00694. The smallest absolute Gasteiger partial charge is 0.264 e. The highest BCUT2D eigenvalue weighted by atomic mass is 19.1. The predicted octanol–water partition coefficient (Wildman–Crippen LogP) is 1.59. The lowest BCUT2D eigenvalue weighted by molar-refractivity contribution is -0.130. The topological polar surface area (TPSA) is 53.3 Å². The van der Waals surface area contributed by atoms with Gasteiger partial charge in [-0.1, -0.05) is 12.1 Å². The van der Waals surface area contributed by atoms with Crippen LogP contribution in [-0.4, -0.2) is 37.1 Å². The Kier molecular flexibility index (Phi) is 4.26. The van der Waals surface area contributed by atoms with Crippen LogP contribution in [0.25, 0.3) is 6.08 Å². The highest BCUT2D eigenvalue weighted by molar-refractivity contribution is 6.01. The number of halogens is 1. The first-order chi connectivity index (χ1) is 9.20. The van der Waals surface area contributed by atoms with Gasteiger partial charge in [0.2, 0.25) is 0 Å². The number of ether oxygens (including phenoxy) is 1. The summed E-state index contributed by atoms with van der Waals surface area (Å²) in [4.78, 5) is 13.7. The van der Waals surface area contributed by atoms with Crippen molar-refractivity contribution in [1.29, 1.82) is 5.26 Å². The number of nitriles is 1. The molecule has 1 aliphatic heterocycles. The third-order valence-electron chi connectivity index (χ3n) is 2.81. The van der Waals surface area contributed by atoms with Gasteiger partial charge in [-0.2, -0.15) is 5.26 Å². The van der Waals surface area contributed by atoms with Gasteiger partial charge in [0.15, 0.2) is 0 Å². The van der Waals surface area contributed by atoms with Gasteiger partial charge >= 0.3 is 0 Å². The molecule has 2 rings (SSSR count). The second-order valence-electron chi connectivity index (χ2n) is 4.13. The van der Waals surface area contributed by atoms with Crippen molar-refractivity contribution in [3.05, 3.63) is 41.2 Å². The summed E-state index contributed by atoms with van der Waals surface area (Å²) in [5.41, 5.74) is 0.505. The highest BCUT2D eigenvalue weighted by Gasteiger charge is 2.20. The minimum Gasteiger partial charge on any atom is -0.378 e. The molecule has 0 aliphatic carbocycles. The average molecular weight is 260 g/mol. The van der Waals surface area contributed by atoms with E-state index in [1.165, 1.54) is 24.3 Å². The molecular weight excluding hydrogens is 247 g/mol. The molecule has 19 heavy (non-hydrogen) atoms. The second kappa shape index (κ2) is 6.12. The molecule has 0 atom stereocenters. The number of benzene rings is 1. The molecule has 1 heterocycles. The first-order valence-corrected chi connectivity index (χ1v) is 5.95. The van der Waals surface area contributed by atoms with Crippen LogP contribution >= 0.6 is 0 Å². The Morgan fingerprint density at radius 3 is 2.79 bits per heavy atom. The fourth-order valence-electron chi connectivity index (χ4n) is 1.84. The van der Waals surface area contributed by atoms with E-state index in [1.807, 2.05) is 6.07 Å². The maximum absolute atomic E-state index is 13.1. The third kappa shape index (κ3) is 3.39. The Labute approximate surface area is 110 Å². The first kappa shape index (κ1) is 13.2. The SMILES string of the molecule is N#CC(=Cc1cccc(F)c1)C(=O)N1CCOCC1. The number of hydrogen-bond donors (Lipinski definition) is 0. The summed E-state index contributed by atoms with van der Waals surface area (Å²) in [5, 5.41) is 9.07. The van der Waals surface area contributed by atoms with Crippen molar-refractivity contribution >= 4 is 12.0 Å². The van der Waals surface area contributed by atoms with Crippen LogP contribution in [0, 0.1) is 17.1 Å². The van der Waals surface area contributed by atoms with E-state index in [9.17, 15) is 9.18 Å². The zero-order valence-electron chi connectivity index (χ0n) is 10.3. The van der Waals surface area contributed by atoms with Gasteiger partial charge in [0.05, 0.1) is 13.2 Å². The summed E-state index contributed by atoms with van der Waals surface area (Å²) in [6.45, 7) is 1.90. The lowest BCUT2D eigenvalue weighted by Gasteiger charge is -2.26. The molecule has 0 N–H and O–H groups in total. The molecular formula is C14H13FN2O2. The van der Waals surface area contributed by atoms with E-state index in [-0.39, 0.29) is 11.5 Å². The molecule has 0 saturated carbocycles. The molecule has 0 spiro atoms. The van der Waals surface area contributed by atoms with Crippen LogP contribution in [-0.2, 0) is 9.53 Å². The minimum atomic E-state index is -0.398. The molecule has 1 aliphatic rings. The van der Waals surface area contributed by atoms with Crippen molar-refractivity contribution in [3.63, 3.8) is 0 Å². The number of morpholine rings is 1. The Bertz CT molecular complexity index is 543. The summed E-state index contributed by atoms with van der Waals surface area (Å²) >= 11 is 0. The van der Waals surface area contributed by atoms with Crippen molar-refractivity contribution in [2.45, 2.75) is 0 Å². The van der Waals surface area contributed by atoms with Crippen molar-refractivity contribution in [3.8, 4) is 6.07 Å². The molecule has 0 unspecified atom stereocenters. The maximum atomic E-state index is 13.1. The standard InChI is InChI=1S/C14H13FN2O2/c15-13-3-1-2-11(9-13)8-12(10-16)14(18)17-4-6-19-7-5-17/h1-3,8-9H,4-7H2. The second-order valence-corrected chi connectivity index (χ2v) is 4.13. The molecule has 1 amide bonds. The van der Waals surface area contributed by atoms with Crippen LogP contribution in [0.5, 0.6) is 0 Å². The van der Waals surface area contributed by atoms with Crippen molar-refractivity contribution in [1.82, 2.24) is 4.90 Å². The third-order valence-corrected chi connectivity index (χ3v) is 2.81. The quantitative estimate of drug-likeness (QED) is 0.599. The Morgan fingerprint density at radius 2 is 2.16 bits per heavy atom. The average Bonchev–Trinajstić information content (AvgIpc) is 2.45. The van der Waals surface area contributed by atoms with Gasteiger partial charge in [0.25, 0.3) is 5.91 Å². The van der Waals surface area contributed by atoms with E-state index in [0.717, 1.165) is 0 Å². The van der Waals surface area contributed by atoms with E-state index in [1.54, 1.807) is 11.0 Å². The lowest BCUT2D eigenvalue weighted by Crippen LogP contribution is -2.41. The molecule has 1 aromatic rings. The van der Waals surface area contributed by atoms with E-state index in [0.29, 0.717) is 31.9 Å². The van der Waals surface area contributed by atoms with Crippen LogP contribution in [0.15, 0.2) is 29.8 Å². The summed E-state index contributed by atoms with van der Waals surface area (Å²) < 4.78 is 18.2. The molecule has 1 aromatic carbocycles. The van der Waals surface area contributed by atoms with E-state index in [2.05, 4.69) is 0 Å². The van der Waals surface area contributed by atoms with Gasteiger partial charge in [0, 0.05) is 13.1 Å². The van der Waals surface area contributed by atoms with E-state index < -0.39 is 5.82 Å². The van der Waals surface area contributed by atoms with Crippen molar-refractivity contribution < 1.29 is 13.9 Å². The molecule has 5 heteroatoms. The summed E-state index contributed by atoms with van der Waals surface area (Å²) in [5.74, 6) is -0.736. The van der Waals surface area contributed by atoms with Crippen molar-refractivity contribution in [2.24, 2.45) is 0 Å². The van der Waals surface area contributed by atoms with Gasteiger partial charge in [0.1, 0.15) is 17.5 Å². The van der Waals surface area contributed by atoms with Crippen LogP contribution in [0.4, 0.5) is 4.39 Å². The molecule has 0 radical (unpaired) electrons. The Morgan fingerprint density at radius 1 is 1.42 bits per heavy atom. The predicted molar refractivity (Wildman–Crippen MR) is 67.4 cm³/mol. The van der Waals surface area contributed by atoms with Gasteiger partial charge in [-0.25, -0.2) is 4.39 Å². The first-order valence-electron chi connectivity index (χ1n) is 5.95. The number of carbonyl (C=O) groups is 1. The maximum Gasteiger partial charge on any atom is 0.264 e. The number of nitrogens with zero attached hydrogens (tertiary/aromatic N) is 2. The van der Waals surface area contributed by atoms with E-state index >= 15 is 0 Å². The van der Waals surface area contributed by atoms with Crippen LogP contribution in [0.1, 0.15) is 5.56 Å². The van der Waals surface area contributed by atoms with Gasteiger partial charge in [-0.05, 0) is 23.8 Å². The van der Waals surface area contributed by atoms with Gasteiger partial charge in [-0.15, -0.1) is 0 Å². The van der Waals surface area contributed by atoms with Crippen LogP contribution in [0.3, 0.4) is 0 Å². The van der Waals surface area contributed by atoms with Crippen LogP contribution in [0.2, 0.25) is 0 Å². The molecule has 4 nitrogen and oxygen atoms in total. The molecule has 1 fully saturated rings. The fraction of sp³-hybridized carbons (Fsp3) is 0.286. The molecule has 98 valence electrons. The highest BCUT2D eigenvalue weighted by Crippen LogP contribution is 2.11. The normalized spacial score (nSPS) is 16.0. The molecule has 1 saturated heterocycles. The number of rotatable bonds is 2. The lowest BCUT2D eigenvalue weighted by atomic mass is 10.1. The number of amides is 1. The summed E-state index contributed by atoms with van der Waals surface area (Å²) in [7, 11) is 0. The Hall–Kier alpha value is -2.19. The zero-order valence-corrected chi connectivity index (χ0v) is 10.3. The van der Waals surface area contributed by atoms with Crippen LogP contribution < -0.4 is 0 Å². The molecule has 0 aromatic heterocycles. The summed E-state index contributed by atoms with van der Waals surface area (Å²) in [6.07, 6.45) is 1.40. The van der Waals surface area contributed by atoms with Crippen molar-refractivity contribution in [2.75, 3.05) is 26.3 Å². The van der Waals surface area contributed by atoms with Gasteiger partial charge < -0.3 is 9.64 Å². The number of hydrogen-bond acceptors (Lipinski definition) is 3. The fourth-order valence-corrected chi connectivity index (χ4v) is 1.84. The van der Waals surface area contributed by atoms with E-state index in [4.69, 9.17) is 10.00 Å².